The van der Waals surface area contributed by atoms with Gasteiger partial charge in [-0.1, -0.05) is 34.6 Å². The van der Waals surface area contributed by atoms with Crippen molar-refractivity contribution in [2.75, 3.05) is 13.2 Å². The lowest BCUT2D eigenvalue weighted by molar-refractivity contribution is -0.326. The molecule has 0 amide bonds. The second kappa shape index (κ2) is 13.5. The number of hydrogen-bond donors (Lipinski definition) is 0. The SMILES string of the molecule is CC(=O)OCC1O[C@@H](O[C@@H]2C(C)C(C(C)C)OC(COC(C)=O)[C@@H]2OC(C)=O)C(OC(C)=O)[C@@H](C)[C@H]1C. The van der Waals surface area contributed by atoms with Gasteiger partial charge in [0.2, 0.25) is 0 Å². The van der Waals surface area contributed by atoms with Crippen LogP contribution in [-0.2, 0) is 52.3 Å². The van der Waals surface area contributed by atoms with Crippen LogP contribution < -0.4 is 0 Å². The quantitative estimate of drug-likeness (QED) is 0.321. The van der Waals surface area contributed by atoms with E-state index in [2.05, 4.69) is 0 Å². The van der Waals surface area contributed by atoms with E-state index >= 15 is 0 Å². The number of carbonyl (C=O) groups excluding carboxylic acids is 4. The molecule has 0 saturated carbocycles. The van der Waals surface area contributed by atoms with Crippen molar-refractivity contribution in [1.29, 1.82) is 0 Å². The van der Waals surface area contributed by atoms with Crippen molar-refractivity contribution in [2.24, 2.45) is 23.7 Å². The Morgan fingerprint density at radius 3 is 1.65 bits per heavy atom. The molecule has 2 aliphatic rings. The predicted octanol–water partition coefficient (Wildman–Crippen LogP) is 2.42. The normalized spacial score (nSPS) is 35.9. The van der Waals surface area contributed by atoms with Gasteiger partial charge >= 0.3 is 23.9 Å². The van der Waals surface area contributed by atoms with E-state index in [9.17, 15) is 19.2 Å². The number of carbonyl (C=O) groups is 4. The number of rotatable bonds is 9. The summed E-state index contributed by atoms with van der Waals surface area (Å²) < 4.78 is 40.7. The van der Waals surface area contributed by atoms with Crippen molar-refractivity contribution in [3.8, 4) is 0 Å². The molecule has 2 rings (SSSR count). The molecule has 2 saturated heterocycles. The van der Waals surface area contributed by atoms with Gasteiger partial charge in [-0.05, 0) is 11.8 Å². The maximum atomic E-state index is 12.1. The van der Waals surface area contributed by atoms with Crippen LogP contribution in [0.25, 0.3) is 0 Å². The van der Waals surface area contributed by atoms with Gasteiger partial charge in [0.1, 0.15) is 25.4 Å². The van der Waals surface area contributed by atoms with E-state index in [1.807, 2.05) is 34.6 Å². The minimum atomic E-state index is -1.04. The van der Waals surface area contributed by atoms with E-state index < -0.39 is 60.7 Å². The summed E-state index contributed by atoms with van der Waals surface area (Å²) in [6.45, 7) is 14.8. The maximum Gasteiger partial charge on any atom is 0.303 e. The molecular formula is C26H42O11. The Hall–Kier alpha value is -2.24. The Kier molecular flexibility index (Phi) is 11.3. The van der Waals surface area contributed by atoms with Gasteiger partial charge in [0.05, 0.1) is 12.2 Å². The topological polar surface area (TPSA) is 133 Å². The van der Waals surface area contributed by atoms with Gasteiger partial charge in [-0.15, -0.1) is 0 Å². The van der Waals surface area contributed by atoms with E-state index in [1.54, 1.807) is 0 Å². The fourth-order valence-electron chi connectivity index (χ4n) is 5.00. The molecule has 212 valence electrons. The summed E-state index contributed by atoms with van der Waals surface area (Å²) in [5, 5.41) is 0. The third-order valence-corrected chi connectivity index (χ3v) is 7.02. The van der Waals surface area contributed by atoms with Gasteiger partial charge in [-0.25, -0.2) is 0 Å². The third kappa shape index (κ3) is 8.38. The van der Waals surface area contributed by atoms with Gasteiger partial charge < -0.3 is 33.2 Å². The first-order chi connectivity index (χ1) is 17.2. The van der Waals surface area contributed by atoms with E-state index in [0.717, 1.165) is 0 Å². The highest BCUT2D eigenvalue weighted by atomic mass is 16.7. The first-order valence-corrected chi connectivity index (χ1v) is 12.8. The lowest BCUT2D eigenvalue weighted by Gasteiger charge is -2.49. The molecular weight excluding hydrogens is 488 g/mol. The minimum Gasteiger partial charge on any atom is -0.463 e. The van der Waals surface area contributed by atoms with Crippen molar-refractivity contribution in [2.45, 2.75) is 105 Å². The number of ether oxygens (including phenoxy) is 7. The van der Waals surface area contributed by atoms with Crippen molar-refractivity contribution in [3.05, 3.63) is 0 Å². The van der Waals surface area contributed by atoms with E-state index in [1.165, 1.54) is 27.7 Å². The van der Waals surface area contributed by atoms with Crippen LogP contribution in [0.2, 0.25) is 0 Å². The molecule has 5 unspecified atom stereocenters. The molecule has 0 bridgehead atoms. The summed E-state index contributed by atoms with van der Waals surface area (Å²) in [7, 11) is 0. The lowest BCUT2D eigenvalue weighted by Crippen LogP contribution is -2.62. The van der Waals surface area contributed by atoms with Crippen LogP contribution in [0.15, 0.2) is 0 Å². The van der Waals surface area contributed by atoms with Crippen LogP contribution in [0.1, 0.15) is 62.3 Å². The Balaban J connectivity index is 2.43. The van der Waals surface area contributed by atoms with Gasteiger partial charge in [-0.3, -0.25) is 19.2 Å². The number of hydrogen-bond acceptors (Lipinski definition) is 11. The molecule has 2 aliphatic heterocycles. The fraction of sp³-hybridized carbons (Fsp3) is 0.846. The van der Waals surface area contributed by atoms with Crippen LogP contribution in [0.3, 0.4) is 0 Å². The van der Waals surface area contributed by atoms with Gasteiger partial charge in [0, 0.05) is 39.5 Å². The van der Waals surface area contributed by atoms with Crippen molar-refractivity contribution in [1.82, 2.24) is 0 Å². The zero-order valence-electron chi connectivity index (χ0n) is 23.3. The van der Waals surface area contributed by atoms with Gasteiger partial charge in [-0.2, -0.15) is 0 Å². The molecule has 2 fully saturated rings. The molecule has 37 heavy (non-hydrogen) atoms. The Bertz CT molecular complexity index is 810. The average Bonchev–Trinajstić information content (AvgIpc) is 2.78. The second-order valence-corrected chi connectivity index (χ2v) is 10.4. The van der Waals surface area contributed by atoms with Gasteiger partial charge in [0.15, 0.2) is 18.5 Å². The third-order valence-electron chi connectivity index (χ3n) is 7.02. The predicted molar refractivity (Wildman–Crippen MR) is 129 cm³/mol. The largest absolute Gasteiger partial charge is 0.463 e. The summed E-state index contributed by atoms with van der Waals surface area (Å²) in [6, 6.07) is 0. The average molecular weight is 531 g/mol. The molecule has 0 aromatic heterocycles. The summed E-state index contributed by atoms with van der Waals surface area (Å²) in [6.07, 6.45) is -5.10. The molecule has 10 atom stereocenters. The van der Waals surface area contributed by atoms with E-state index in [0.29, 0.717) is 0 Å². The first kappa shape index (κ1) is 31.0. The van der Waals surface area contributed by atoms with Gasteiger partial charge in [0.25, 0.3) is 0 Å². The Morgan fingerprint density at radius 1 is 0.649 bits per heavy atom. The molecule has 11 nitrogen and oxygen atoms in total. The molecule has 2 heterocycles. The van der Waals surface area contributed by atoms with Crippen LogP contribution in [-0.4, -0.2) is 80.0 Å². The summed E-state index contributed by atoms with van der Waals surface area (Å²) in [5.74, 6) is -2.53. The van der Waals surface area contributed by atoms with Crippen LogP contribution in [0.4, 0.5) is 0 Å². The molecule has 0 radical (unpaired) electrons. The van der Waals surface area contributed by atoms with Crippen LogP contribution in [0.5, 0.6) is 0 Å². The Labute approximate surface area is 218 Å². The van der Waals surface area contributed by atoms with Crippen molar-refractivity contribution in [3.63, 3.8) is 0 Å². The smallest absolute Gasteiger partial charge is 0.303 e. The van der Waals surface area contributed by atoms with Crippen LogP contribution >= 0.6 is 0 Å². The van der Waals surface area contributed by atoms with E-state index in [-0.39, 0.29) is 43.0 Å². The highest BCUT2D eigenvalue weighted by Crippen LogP contribution is 2.39. The Morgan fingerprint density at radius 2 is 1.16 bits per heavy atom. The molecule has 11 heteroatoms. The lowest BCUT2D eigenvalue weighted by atomic mass is 9.82. The maximum absolute atomic E-state index is 12.1. The fourth-order valence-corrected chi connectivity index (χ4v) is 5.00. The highest BCUT2D eigenvalue weighted by Gasteiger charge is 2.52. The molecule has 0 aliphatic carbocycles. The summed E-state index contributed by atoms with van der Waals surface area (Å²) >= 11 is 0. The number of esters is 4. The zero-order chi connectivity index (χ0) is 28.0. The molecule has 0 aromatic carbocycles. The monoisotopic (exact) mass is 530 g/mol. The summed E-state index contributed by atoms with van der Waals surface area (Å²) in [5.41, 5.74) is 0. The van der Waals surface area contributed by atoms with Crippen LogP contribution in [0, 0.1) is 23.7 Å². The molecule has 0 aromatic rings. The zero-order valence-corrected chi connectivity index (χ0v) is 23.3. The molecule has 0 spiro atoms. The standard InChI is InChI=1S/C26H42O11/c1-12(2)22-15(5)23(25(34-19(9)30)21(35-22)11-32-17(7)28)37-26-24(33-18(8)29)14(4)13(3)20(36-26)10-31-16(6)27/h12-15,20-26H,10-11H2,1-9H3/t13-,14+,15?,20?,21?,22?,23-,24?,25+,26+/m1/s1. The van der Waals surface area contributed by atoms with Crippen molar-refractivity contribution >= 4 is 23.9 Å². The second-order valence-electron chi connectivity index (χ2n) is 10.4. The highest BCUT2D eigenvalue weighted by molar-refractivity contribution is 5.67. The van der Waals surface area contributed by atoms with E-state index in [4.69, 9.17) is 33.2 Å². The minimum absolute atomic E-state index is 0.00783. The van der Waals surface area contributed by atoms with Crippen molar-refractivity contribution < 1.29 is 52.3 Å². The molecule has 0 N–H and O–H groups in total. The summed E-state index contributed by atoms with van der Waals surface area (Å²) in [4.78, 5) is 47.0. The first-order valence-electron chi connectivity index (χ1n) is 12.8.